The van der Waals surface area contributed by atoms with Crippen LogP contribution in [-0.4, -0.2) is 53.4 Å². The van der Waals surface area contributed by atoms with E-state index in [-0.39, 0.29) is 11.3 Å². The molecule has 7 nitrogen and oxygen atoms in total. The number of likely N-dealkylation sites (tertiary alicyclic amines) is 1. The molecule has 2 saturated heterocycles. The van der Waals surface area contributed by atoms with Gasteiger partial charge in [-0.2, -0.15) is 0 Å². The van der Waals surface area contributed by atoms with E-state index in [2.05, 4.69) is 49.6 Å². The largest absolute Gasteiger partial charge is 0.355 e. The summed E-state index contributed by atoms with van der Waals surface area (Å²) in [6.07, 6.45) is 2.81. The number of aryl methyl sites for hydroxylation is 1. The summed E-state index contributed by atoms with van der Waals surface area (Å²) >= 11 is 0. The Morgan fingerprint density at radius 1 is 1.46 bits per heavy atom. The molecule has 1 aromatic heterocycles. The van der Waals surface area contributed by atoms with E-state index in [1.807, 2.05) is 13.1 Å². The zero-order chi connectivity index (χ0) is 18.1. The quantitative estimate of drug-likeness (QED) is 0.564. The van der Waals surface area contributed by atoms with E-state index in [0.717, 1.165) is 55.3 Å². The molecule has 0 aliphatic carbocycles. The number of hydrogen-bond acceptors (Lipinski definition) is 3. The van der Waals surface area contributed by atoms with Crippen LogP contribution in [-0.2, 0) is 11.3 Å². The maximum absolute atomic E-state index is 11.7. The highest BCUT2D eigenvalue weighted by molar-refractivity contribution is 5.82. The first-order valence-electron chi connectivity index (χ1n) is 9.24. The summed E-state index contributed by atoms with van der Waals surface area (Å²) in [7, 11) is 1.81. The summed E-state index contributed by atoms with van der Waals surface area (Å²) in [4.78, 5) is 26.4. The SMILES string of the molecule is CN=C(NCc1nc2ccc(C)cc2[nH]1)N1CCCC2(CNC(=O)C2)C1. The van der Waals surface area contributed by atoms with E-state index in [0.29, 0.717) is 13.0 Å². The standard InChI is InChI=1S/C19H26N6O/c1-13-4-5-14-15(8-13)24-16(23-14)10-21-18(20-2)25-7-3-6-19(12-25)9-17(26)22-11-19/h4-5,8H,3,6-7,9-12H2,1-2H3,(H,20,21)(H,22,26)(H,23,24). The summed E-state index contributed by atoms with van der Waals surface area (Å²) in [5.41, 5.74) is 3.32. The van der Waals surface area contributed by atoms with Crippen LogP contribution < -0.4 is 10.6 Å². The second kappa shape index (κ2) is 6.63. The van der Waals surface area contributed by atoms with Crippen LogP contribution in [0.2, 0.25) is 0 Å². The van der Waals surface area contributed by atoms with Crippen molar-refractivity contribution in [3.8, 4) is 0 Å². The van der Waals surface area contributed by atoms with Gasteiger partial charge in [-0.3, -0.25) is 9.79 Å². The van der Waals surface area contributed by atoms with E-state index >= 15 is 0 Å². The van der Waals surface area contributed by atoms with E-state index < -0.39 is 0 Å². The summed E-state index contributed by atoms with van der Waals surface area (Å²) in [5, 5.41) is 6.42. The number of aromatic nitrogens is 2. The molecule has 1 aromatic carbocycles. The van der Waals surface area contributed by atoms with Crippen LogP contribution in [0.3, 0.4) is 0 Å². The van der Waals surface area contributed by atoms with Crippen LogP contribution in [0.15, 0.2) is 23.2 Å². The van der Waals surface area contributed by atoms with Gasteiger partial charge in [-0.1, -0.05) is 6.07 Å². The third kappa shape index (κ3) is 3.25. The third-order valence-corrected chi connectivity index (χ3v) is 5.47. The molecule has 2 aromatic rings. The molecule has 2 aliphatic heterocycles. The van der Waals surface area contributed by atoms with Crippen molar-refractivity contribution in [1.29, 1.82) is 0 Å². The zero-order valence-corrected chi connectivity index (χ0v) is 15.4. The Kier molecular flexibility index (Phi) is 4.30. The number of nitrogens with one attached hydrogen (secondary N) is 3. The van der Waals surface area contributed by atoms with Gasteiger partial charge >= 0.3 is 0 Å². The number of H-pyrrole nitrogens is 1. The minimum Gasteiger partial charge on any atom is -0.355 e. The number of carbonyl (C=O) groups excluding carboxylic acids is 1. The molecule has 1 atom stereocenters. The molecule has 7 heteroatoms. The molecule has 0 saturated carbocycles. The van der Waals surface area contributed by atoms with Gasteiger partial charge < -0.3 is 20.5 Å². The molecule has 26 heavy (non-hydrogen) atoms. The van der Waals surface area contributed by atoms with E-state index in [9.17, 15) is 4.79 Å². The highest BCUT2D eigenvalue weighted by Crippen LogP contribution is 2.35. The Balaban J connectivity index is 1.43. The Labute approximate surface area is 153 Å². The Bertz CT molecular complexity index is 857. The first-order valence-corrected chi connectivity index (χ1v) is 9.24. The number of aliphatic imine (C=N–C) groups is 1. The van der Waals surface area contributed by atoms with Crippen molar-refractivity contribution in [2.75, 3.05) is 26.7 Å². The van der Waals surface area contributed by atoms with Crippen molar-refractivity contribution < 1.29 is 4.79 Å². The third-order valence-electron chi connectivity index (χ3n) is 5.47. The highest BCUT2D eigenvalue weighted by Gasteiger charge is 2.42. The number of nitrogens with zero attached hydrogens (tertiary/aromatic N) is 3. The van der Waals surface area contributed by atoms with Crippen LogP contribution in [0.25, 0.3) is 11.0 Å². The van der Waals surface area contributed by atoms with E-state index in [4.69, 9.17) is 0 Å². The smallest absolute Gasteiger partial charge is 0.220 e. The van der Waals surface area contributed by atoms with Crippen molar-refractivity contribution in [2.45, 2.75) is 32.7 Å². The molecule has 2 fully saturated rings. The van der Waals surface area contributed by atoms with Gasteiger partial charge in [0.2, 0.25) is 5.91 Å². The average Bonchev–Trinajstić information content (AvgIpc) is 3.18. The van der Waals surface area contributed by atoms with Gasteiger partial charge in [0, 0.05) is 38.5 Å². The molecule has 138 valence electrons. The fourth-order valence-corrected chi connectivity index (χ4v) is 4.18. The maximum atomic E-state index is 11.7. The number of piperidine rings is 1. The highest BCUT2D eigenvalue weighted by atomic mass is 16.1. The number of benzene rings is 1. The summed E-state index contributed by atoms with van der Waals surface area (Å²) < 4.78 is 0. The van der Waals surface area contributed by atoms with Crippen LogP contribution in [0.5, 0.6) is 0 Å². The van der Waals surface area contributed by atoms with Crippen LogP contribution >= 0.6 is 0 Å². The average molecular weight is 354 g/mol. The van der Waals surface area contributed by atoms with Gasteiger partial charge in [0.25, 0.3) is 0 Å². The van der Waals surface area contributed by atoms with Crippen LogP contribution in [0.4, 0.5) is 0 Å². The lowest BCUT2D eigenvalue weighted by molar-refractivity contribution is -0.119. The summed E-state index contributed by atoms with van der Waals surface area (Å²) in [6.45, 7) is 5.29. The maximum Gasteiger partial charge on any atom is 0.220 e. The Morgan fingerprint density at radius 3 is 3.12 bits per heavy atom. The lowest BCUT2D eigenvalue weighted by Gasteiger charge is -2.40. The predicted octanol–water partition coefficient (Wildman–Crippen LogP) is 1.55. The first-order chi connectivity index (χ1) is 12.6. The molecule has 4 rings (SSSR count). The number of fused-ring (bicyclic) bond motifs is 1. The molecule has 3 heterocycles. The number of amides is 1. The molecule has 1 unspecified atom stereocenters. The fraction of sp³-hybridized carbons (Fsp3) is 0.526. The predicted molar refractivity (Wildman–Crippen MR) is 102 cm³/mol. The topological polar surface area (TPSA) is 85.4 Å². The molecule has 1 spiro atoms. The van der Waals surface area contributed by atoms with Gasteiger partial charge in [-0.15, -0.1) is 0 Å². The number of guanidine groups is 1. The normalized spacial score (nSPS) is 23.7. The van der Waals surface area contributed by atoms with Crippen molar-refractivity contribution in [3.05, 3.63) is 29.6 Å². The molecule has 0 radical (unpaired) electrons. The number of imidazole rings is 1. The molecule has 1 amide bonds. The van der Waals surface area contributed by atoms with Crippen molar-refractivity contribution in [3.63, 3.8) is 0 Å². The van der Waals surface area contributed by atoms with E-state index in [1.165, 1.54) is 5.56 Å². The second-order valence-electron chi connectivity index (χ2n) is 7.58. The van der Waals surface area contributed by atoms with Gasteiger partial charge in [0.05, 0.1) is 17.6 Å². The number of rotatable bonds is 2. The Hall–Kier alpha value is -2.57. The molecular formula is C19H26N6O. The van der Waals surface area contributed by atoms with Gasteiger partial charge in [-0.25, -0.2) is 4.98 Å². The van der Waals surface area contributed by atoms with Gasteiger partial charge in [0.1, 0.15) is 5.82 Å². The first kappa shape index (κ1) is 16.9. The lowest BCUT2D eigenvalue weighted by atomic mass is 9.79. The fourth-order valence-electron chi connectivity index (χ4n) is 4.18. The minimum absolute atomic E-state index is 0.0594. The van der Waals surface area contributed by atoms with Crippen molar-refractivity contribution >= 4 is 22.9 Å². The van der Waals surface area contributed by atoms with Crippen LogP contribution in [0, 0.1) is 12.3 Å². The molecular weight excluding hydrogens is 328 g/mol. The molecule has 3 N–H and O–H groups in total. The number of aromatic amines is 1. The lowest BCUT2D eigenvalue weighted by Crippen LogP contribution is -2.51. The second-order valence-corrected chi connectivity index (χ2v) is 7.58. The molecule has 2 aliphatic rings. The summed E-state index contributed by atoms with van der Waals surface area (Å²) in [6, 6.07) is 6.22. The number of hydrogen-bond donors (Lipinski definition) is 3. The van der Waals surface area contributed by atoms with Gasteiger partial charge in [-0.05, 0) is 37.5 Å². The molecule has 0 bridgehead atoms. The van der Waals surface area contributed by atoms with Crippen LogP contribution in [0.1, 0.15) is 30.7 Å². The van der Waals surface area contributed by atoms with Crippen molar-refractivity contribution in [1.82, 2.24) is 25.5 Å². The monoisotopic (exact) mass is 354 g/mol. The number of carbonyl (C=O) groups is 1. The van der Waals surface area contributed by atoms with Crippen molar-refractivity contribution in [2.24, 2.45) is 10.4 Å². The zero-order valence-electron chi connectivity index (χ0n) is 15.4. The Morgan fingerprint density at radius 2 is 2.35 bits per heavy atom. The minimum atomic E-state index is 0.0594. The van der Waals surface area contributed by atoms with E-state index in [1.54, 1.807) is 0 Å². The van der Waals surface area contributed by atoms with Gasteiger partial charge in [0.15, 0.2) is 5.96 Å². The summed E-state index contributed by atoms with van der Waals surface area (Å²) in [5.74, 6) is 1.95.